The van der Waals surface area contributed by atoms with Gasteiger partial charge in [0.25, 0.3) is 5.89 Å². The van der Waals surface area contributed by atoms with E-state index in [0.717, 1.165) is 21.6 Å². The molecular weight excluding hydrogens is 463 g/mol. The van der Waals surface area contributed by atoms with E-state index in [1.807, 2.05) is 61.7 Å². The lowest BCUT2D eigenvalue weighted by Crippen LogP contribution is -2.46. The molecule has 1 atom stereocenters. The second-order valence-corrected chi connectivity index (χ2v) is 9.14. The molecule has 3 aromatic carbocycles. The molecule has 0 saturated carbocycles. The predicted octanol–water partition coefficient (Wildman–Crippen LogP) is 6.61. The highest BCUT2D eigenvalue weighted by molar-refractivity contribution is 7.98. The monoisotopic (exact) mass is 486 g/mol. The predicted molar refractivity (Wildman–Crippen MR) is 135 cm³/mol. The van der Waals surface area contributed by atoms with Crippen molar-refractivity contribution in [3.63, 3.8) is 0 Å². The van der Waals surface area contributed by atoms with Crippen molar-refractivity contribution in [3.8, 4) is 11.4 Å². The number of urea groups is 1. The van der Waals surface area contributed by atoms with Crippen LogP contribution in [0.2, 0.25) is 0 Å². The van der Waals surface area contributed by atoms with Gasteiger partial charge in [-0.2, -0.15) is 4.98 Å². The average molecular weight is 487 g/mol. The Hall–Kier alpha value is -3.91. The van der Waals surface area contributed by atoms with Gasteiger partial charge in [-0.3, -0.25) is 4.90 Å². The van der Waals surface area contributed by atoms with Crippen LogP contribution in [0.4, 0.5) is 14.9 Å². The van der Waals surface area contributed by atoms with Crippen LogP contribution in [0.15, 0.2) is 87.9 Å². The quantitative estimate of drug-likeness (QED) is 0.322. The lowest BCUT2D eigenvalue weighted by molar-refractivity contribution is 0.244. The summed E-state index contributed by atoms with van der Waals surface area (Å²) in [5.41, 5.74) is 4.43. The Morgan fingerprint density at radius 2 is 1.80 bits per heavy atom. The Labute approximate surface area is 206 Å². The maximum atomic E-state index is 14.0. The SMILES string of the molecule is CSc1ccc(C2NC(=O)N(c3cccc(F)c3)C(C)=C2c2nc(-c3cccc(C)c3)no2)cc1. The number of carbonyl (C=O) groups is 1. The third-order valence-corrected chi connectivity index (χ3v) is 6.68. The number of rotatable bonds is 5. The van der Waals surface area contributed by atoms with Crippen LogP contribution in [0, 0.1) is 12.7 Å². The maximum absolute atomic E-state index is 14.0. The summed E-state index contributed by atoms with van der Waals surface area (Å²) in [6.07, 6.45) is 2.01. The minimum absolute atomic E-state index is 0.291. The third-order valence-electron chi connectivity index (χ3n) is 5.93. The van der Waals surface area contributed by atoms with Gasteiger partial charge in [-0.15, -0.1) is 11.8 Å². The van der Waals surface area contributed by atoms with E-state index >= 15 is 0 Å². The van der Waals surface area contributed by atoms with Gasteiger partial charge in [0.05, 0.1) is 17.3 Å². The van der Waals surface area contributed by atoms with E-state index < -0.39 is 11.9 Å². The summed E-state index contributed by atoms with van der Waals surface area (Å²) < 4.78 is 19.7. The van der Waals surface area contributed by atoms with Gasteiger partial charge in [0.15, 0.2) is 0 Å². The summed E-state index contributed by atoms with van der Waals surface area (Å²) in [6.45, 7) is 3.80. The number of nitrogens with one attached hydrogen (secondary N) is 1. The summed E-state index contributed by atoms with van der Waals surface area (Å²) in [5.74, 6) is 0.313. The molecular formula is C27H23FN4O2S. The Balaban J connectivity index is 1.65. The van der Waals surface area contributed by atoms with Crippen molar-refractivity contribution < 1.29 is 13.7 Å². The van der Waals surface area contributed by atoms with Crippen molar-refractivity contribution in [1.82, 2.24) is 15.5 Å². The Bertz CT molecular complexity index is 1430. The molecule has 1 aromatic heterocycles. The summed E-state index contributed by atoms with van der Waals surface area (Å²) >= 11 is 1.64. The summed E-state index contributed by atoms with van der Waals surface area (Å²) in [5, 5.41) is 7.26. The fourth-order valence-corrected chi connectivity index (χ4v) is 4.64. The van der Waals surface area contributed by atoms with Crippen LogP contribution in [0.1, 0.15) is 30.0 Å². The highest BCUT2D eigenvalue weighted by Crippen LogP contribution is 2.39. The molecule has 2 heterocycles. The zero-order valence-electron chi connectivity index (χ0n) is 19.4. The van der Waals surface area contributed by atoms with E-state index in [1.165, 1.54) is 17.0 Å². The van der Waals surface area contributed by atoms with Crippen LogP contribution in [0.25, 0.3) is 17.0 Å². The lowest BCUT2D eigenvalue weighted by atomic mass is 9.94. The molecule has 1 aliphatic heterocycles. The van der Waals surface area contributed by atoms with Crippen LogP contribution in [-0.4, -0.2) is 22.4 Å². The normalized spacial score (nSPS) is 15.9. The van der Waals surface area contributed by atoms with Gasteiger partial charge < -0.3 is 9.84 Å². The van der Waals surface area contributed by atoms with E-state index in [1.54, 1.807) is 30.8 Å². The van der Waals surface area contributed by atoms with Gasteiger partial charge in [-0.25, -0.2) is 9.18 Å². The van der Waals surface area contributed by atoms with Gasteiger partial charge in [0, 0.05) is 16.2 Å². The van der Waals surface area contributed by atoms with E-state index in [0.29, 0.717) is 28.7 Å². The molecule has 1 unspecified atom stereocenters. The zero-order valence-corrected chi connectivity index (χ0v) is 20.3. The number of aryl methyl sites for hydroxylation is 1. The number of aromatic nitrogens is 2. The van der Waals surface area contributed by atoms with Crippen molar-refractivity contribution in [2.24, 2.45) is 0 Å². The van der Waals surface area contributed by atoms with Crippen molar-refractivity contribution in [3.05, 3.63) is 101 Å². The summed E-state index contributed by atoms with van der Waals surface area (Å²) in [6, 6.07) is 20.8. The molecule has 0 radical (unpaired) electrons. The van der Waals surface area contributed by atoms with Crippen molar-refractivity contribution in [2.75, 3.05) is 11.2 Å². The van der Waals surface area contributed by atoms with E-state index in [4.69, 9.17) is 4.52 Å². The molecule has 176 valence electrons. The maximum Gasteiger partial charge on any atom is 0.327 e. The first kappa shape index (κ1) is 22.9. The molecule has 8 heteroatoms. The van der Waals surface area contributed by atoms with Gasteiger partial charge in [-0.1, -0.05) is 47.1 Å². The lowest BCUT2D eigenvalue weighted by Gasteiger charge is -2.35. The topological polar surface area (TPSA) is 71.3 Å². The molecule has 0 bridgehead atoms. The molecule has 1 N–H and O–H groups in total. The molecule has 0 fully saturated rings. The van der Waals surface area contributed by atoms with E-state index in [2.05, 4.69) is 15.5 Å². The Morgan fingerprint density at radius 1 is 1.03 bits per heavy atom. The van der Waals surface area contributed by atoms with Crippen LogP contribution in [0.3, 0.4) is 0 Å². The Morgan fingerprint density at radius 3 is 2.51 bits per heavy atom. The average Bonchev–Trinajstić information content (AvgIpc) is 3.34. The molecule has 35 heavy (non-hydrogen) atoms. The highest BCUT2D eigenvalue weighted by Gasteiger charge is 2.36. The number of hydrogen-bond donors (Lipinski definition) is 1. The standard InChI is InChI=1S/C27H23FN4O2S/c1-16-6-4-7-19(14-16)25-30-26(34-31-25)23-17(2)32(21-9-5-8-20(28)15-21)27(33)29-24(23)18-10-12-22(35-3)13-11-18/h4-15,24H,1-3H3,(H,29,33). The van der Waals surface area contributed by atoms with Gasteiger partial charge in [0.2, 0.25) is 5.82 Å². The van der Waals surface area contributed by atoms with Crippen molar-refractivity contribution in [2.45, 2.75) is 24.8 Å². The molecule has 0 saturated heterocycles. The first-order valence-corrected chi connectivity index (χ1v) is 12.3. The fraction of sp³-hybridized carbons (Fsp3) is 0.148. The molecule has 1 aliphatic rings. The first-order valence-electron chi connectivity index (χ1n) is 11.1. The van der Waals surface area contributed by atoms with Crippen molar-refractivity contribution >= 4 is 29.1 Å². The number of hydrogen-bond acceptors (Lipinski definition) is 5. The minimum atomic E-state index is -0.519. The number of nitrogens with zero attached hydrogens (tertiary/aromatic N) is 3. The number of allylic oxidation sites excluding steroid dienone is 1. The van der Waals surface area contributed by atoms with Gasteiger partial charge >= 0.3 is 6.03 Å². The number of carbonyl (C=O) groups excluding carboxylic acids is 1. The molecule has 4 aromatic rings. The number of anilines is 1. The van der Waals surface area contributed by atoms with Crippen molar-refractivity contribution in [1.29, 1.82) is 0 Å². The summed E-state index contributed by atoms with van der Waals surface area (Å²) in [4.78, 5) is 20.5. The fourth-order valence-electron chi connectivity index (χ4n) is 4.23. The smallest absolute Gasteiger partial charge is 0.327 e. The minimum Gasteiger partial charge on any atom is -0.334 e. The number of halogens is 1. The van der Waals surface area contributed by atoms with Crippen LogP contribution in [0.5, 0.6) is 0 Å². The van der Waals surface area contributed by atoms with Crippen LogP contribution in [-0.2, 0) is 0 Å². The number of amides is 2. The van der Waals surface area contributed by atoms with Crippen LogP contribution >= 0.6 is 11.8 Å². The van der Waals surface area contributed by atoms with E-state index in [-0.39, 0.29) is 6.03 Å². The molecule has 0 spiro atoms. The molecule has 2 amide bonds. The van der Waals surface area contributed by atoms with Gasteiger partial charge in [-0.05, 0) is 62.1 Å². The van der Waals surface area contributed by atoms with Gasteiger partial charge in [0.1, 0.15) is 5.82 Å². The molecule has 6 nitrogen and oxygen atoms in total. The van der Waals surface area contributed by atoms with Crippen LogP contribution < -0.4 is 10.2 Å². The first-order chi connectivity index (χ1) is 16.9. The highest BCUT2D eigenvalue weighted by atomic mass is 32.2. The second-order valence-electron chi connectivity index (χ2n) is 8.26. The number of benzene rings is 3. The zero-order chi connectivity index (χ0) is 24.5. The number of thioether (sulfide) groups is 1. The largest absolute Gasteiger partial charge is 0.334 e. The second kappa shape index (κ2) is 9.38. The molecule has 0 aliphatic carbocycles. The van der Waals surface area contributed by atoms with E-state index in [9.17, 15) is 9.18 Å². The third kappa shape index (κ3) is 4.44. The molecule has 5 rings (SSSR count). The summed E-state index contributed by atoms with van der Waals surface area (Å²) in [7, 11) is 0. The Kier molecular flexibility index (Phi) is 6.13.